The number of nitriles is 1. The third kappa shape index (κ3) is 4.11. The van der Waals surface area contributed by atoms with Crippen molar-refractivity contribution in [2.24, 2.45) is 0 Å². The lowest BCUT2D eigenvalue weighted by Crippen LogP contribution is -2.24. The number of ketones is 1. The molecule has 0 unspecified atom stereocenters. The molecule has 19 heavy (non-hydrogen) atoms. The van der Waals surface area contributed by atoms with Gasteiger partial charge in [0.25, 0.3) is 0 Å². The second-order valence-electron chi connectivity index (χ2n) is 4.39. The molecule has 1 amide bonds. The van der Waals surface area contributed by atoms with Crippen LogP contribution in [-0.2, 0) is 4.79 Å². The third-order valence-electron chi connectivity index (χ3n) is 2.70. The van der Waals surface area contributed by atoms with Crippen LogP contribution >= 0.6 is 0 Å². The normalized spacial score (nSPS) is 9.58. The molecule has 0 fully saturated rings. The van der Waals surface area contributed by atoms with Gasteiger partial charge in [-0.25, -0.2) is 0 Å². The highest BCUT2D eigenvalue weighted by Crippen LogP contribution is 2.17. The van der Waals surface area contributed by atoms with Gasteiger partial charge < -0.3 is 10.2 Å². The first-order chi connectivity index (χ1) is 8.95. The Morgan fingerprint density at radius 2 is 2.05 bits per heavy atom. The highest BCUT2D eigenvalue weighted by atomic mass is 16.2. The summed E-state index contributed by atoms with van der Waals surface area (Å²) in [6.07, 6.45) is 0.335. The van der Waals surface area contributed by atoms with Gasteiger partial charge in [0, 0.05) is 32.6 Å². The summed E-state index contributed by atoms with van der Waals surface area (Å²) in [5.41, 5.74) is 1.59. The molecule has 0 radical (unpaired) electrons. The molecule has 0 aromatic heterocycles. The largest absolute Gasteiger partial charge is 0.383 e. The molecule has 0 aliphatic rings. The number of nitrogens with zero attached hydrogens (tertiary/aromatic N) is 2. The minimum absolute atomic E-state index is 0.00808. The number of hydrogen-bond acceptors (Lipinski definition) is 4. The van der Waals surface area contributed by atoms with Crippen molar-refractivity contribution >= 4 is 17.4 Å². The Morgan fingerprint density at radius 1 is 1.37 bits per heavy atom. The standard InChI is InChI=1S/C14H17N3O2/c1-10(18)11-4-5-12(9-15)13(8-11)16-7-6-14(19)17(2)3/h4-5,8,16H,6-7H2,1-3H3. The molecule has 0 spiro atoms. The zero-order chi connectivity index (χ0) is 14.4. The van der Waals surface area contributed by atoms with E-state index in [4.69, 9.17) is 5.26 Å². The topological polar surface area (TPSA) is 73.2 Å². The number of amides is 1. The third-order valence-corrected chi connectivity index (χ3v) is 2.70. The van der Waals surface area contributed by atoms with Crippen molar-refractivity contribution in [2.75, 3.05) is 26.0 Å². The fourth-order valence-corrected chi connectivity index (χ4v) is 1.53. The summed E-state index contributed by atoms with van der Waals surface area (Å²) in [7, 11) is 3.39. The second kappa shape index (κ2) is 6.55. The molecule has 1 aromatic rings. The fourth-order valence-electron chi connectivity index (χ4n) is 1.53. The maximum atomic E-state index is 11.4. The molecule has 1 rings (SSSR count). The van der Waals surface area contributed by atoms with E-state index < -0.39 is 0 Å². The summed E-state index contributed by atoms with van der Waals surface area (Å²) in [5.74, 6) is -0.0503. The summed E-state index contributed by atoms with van der Waals surface area (Å²) in [5, 5.41) is 12.0. The monoisotopic (exact) mass is 259 g/mol. The number of benzene rings is 1. The Balaban J connectivity index is 2.76. The van der Waals surface area contributed by atoms with Crippen LogP contribution in [0.2, 0.25) is 0 Å². The molecule has 0 heterocycles. The van der Waals surface area contributed by atoms with Gasteiger partial charge in [0.2, 0.25) is 5.91 Å². The highest BCUT2D eigenvalue weighted by Gasteiger charge is 2.08. The molecule has 0 aliphatic carbocycles. The first kappa shape index (κ1) is 14.7. The summed E-state index contributed by atoms with van der Waals surface area (Å²) < 4.78 is 0. The molecule has 0 aliphatic heterocycles. The summed E-state index contributed by atoms with van der Waals surface area (Å²) in [6, 6.07) is 6.92. The number of Topliss-reactive ketones (excluding diaryl/α,β-unsaturated/α-hetero) is 1. The number of rotatable bonds is 5. The van der Waals surface area contributed by atoms with Crippen molar-refractivity contribution in [3.63, 3.8) is 0 Å². The molecule has 0 bridgehead atoms. The van der Waals surface area contributed by atoms with Gasteiger partial charge in [-0.15, -0.1) is 0 Å². The highest BCUT2D eigenvalue weighted by molar-refractivity contribution is 5.95. The molecule has 1 aromatic carbocycles. The summed E-state index contributed by atoms with van der Waals surface area (Å²) >= 11 is 0. The van der Waals surface area contributed by atoms with Gasteiger partial charge in [0.1, 0.15) is 6.07 Å². The molecule has 5 nitrogen and oxygen atoms in total. The van der Waals surface area contributed by atoms with E-state index in [9.17, 15) is 9.59 Å². The molecular formula is C14H17N3O2. The van der Waals surface area contributed by atoms with Crippen molar-refractivity contribution in [2.45, 2.75) is 13.3 Å². The van der Waals surface area contributed by atoms with E-state index in [1.807, 2.05) is 0 Å². The molecule has 5 heteroatoms. The molecular weight excluding hydrogens is 242 g/mol. The smallest absolute Gasteiger partial charge is 0.223 e. The van der Waals surface area contributed by atoms with Gasteiger partial charge in [0.05, 0.1) is 11.3 Å². The maximum Gasteiger partial charge on any atom is 0.223 e. The van der Waals surface area contributed by atoms with Gasteiger partial charge in [-0.3, -0.25) is 9.59 Å². The van der Waals surface area contributed by atoms with Crippen LogP contribution in [0.15, 0.2) is 18.2 Å². The SMILES string of the molecule is CC(=O)c1ccc(C#N)c(NCCC(=O)N(C)C)c1. The van der Waals surface area contributed by atoms with E-state index >= 15 is 0 Å². The Labute approximate surface area is 112 Å². The van der Waals surface area contributed by atoms with Crippen molar-refractivity contribution < 1.29 is 9.59 Å². The van der Waals surface area contributed by atoms with Crippen LogP contribution in [0, 0.1) is 11.3 Å². The maximum absolute atomic E-state index is 11.4. The van der Waals surface area contributed by atoms with E-state index in [0.29, 0.717) is 29.8 Å². The van der Waals surface area contributed by atoms with Crippen molar-refractivity contribution in [3.05, 3.63) is 29.3 Å². The predicted octanol–water partition coefficient (Wildman–Crippen LogP) is 1.65. The second-order valence-corrected chi connectivity index (χ2v) is 4.39. The van der Waals surface area contributed by atoms with Gasteiger partial charge >= 0.3 is 0 Å². The van der Waals surface area contributed by atoms with Crippen LogP contribution in [0.4, 0.5) is 5.69 Å². The van der Waals surface area contributed by atoms with E-state index in [0.717, 1.165) is 0 Å². The fraction of sp³-hybridized carbons (Fsp3) is 0.357. The summed E-state index contributed by atoms with van der Waals surface area (Å²) in [4.78, 5) is 24.2. The Hall–Kier alpha value is -2.35. The van der Waals surface area contributed by atoms with Crippen LogP contribution < -0.4 is 5.32 Å². The van der Waals surface area contributed by atoms with Crippen LogP contribution in [-0.4, -0.2) is 37.2 Å². The van der Waals surface area contributed by atoms with Crippen LogP contribution in [0.1, 0.15) is 29.3 Å². The first-order valence-corrected chi connectivity index (χ1v) is 5.95. The lowest BCUT2D eigenvalue weighted by atomic mass is 10.1. The van der Waals surface area contributed by atoms with E-state index in [2.05, 4.69) is 11.4 Å². The van der Waals surface area contributed by atoms with E-state index in [-0.39, 0.29) is 11.7 Å². The average molecular weight is 259 g/mol. The minimum Gasteiger partial charge on any atom is -0.383 e. The van der Waals surface area contributed by atoms with Crippen LogP contribution in [0.5, 0.6) is 0 Å². The molecule has 100 valence electrons. The number of carbonyl (C=O) groups is 2. The lowest BCUT2D eigenvalue weighted by Gasteiger charge is -2.12. The predicted molar refractivity (Wildman–Crippen MR) is 73.0 cm³/mol. The van der Waals surface area contributed by atoms with Crippen molar-refractivity contribution in [1.29, 1.82) is 5.26 Å². The Morgan fingerprint density at radius 3 is 2.58 bits per heavy atom. The quantitative estimate of drug-likeness (QED) is 0.816. The number of nitrogens with one attached hydrogen (secondary N) is 1. The Bertz CT molecular complexity index is 530. The van der Waals surface area contributed by atoms with Crippen LogP contribution in [0.25, 0.3) is 0 Å². The number of carbonyl (C=O) groups excluding carboxylic acids is 2. The van der Waals surface area contributed by atoms with Gasteiger partial charge in [0.15, 0.2) is 5.78 Å². The van der Waals surface area contributed by atoms with Gasteiger partial charge in [-0.1, -0.05) is 0 Å². The average Bonchev–Trinajstić information content (AvgIpc) is 2.38. The molecule has 0 saturated heterocycles. The molecule has 0 atom stereocenters. The lowest BCUT2D eigenvalue weighted by molar-refractivity contribution is -0.128. The van der Waals surface area contributed by atoms with Gasteiger partial charge in [-0.05, 0) is 25.1 Å². The van der Waals surface area contributed by atoms with Crippen molar-refractivity contribution in [3.8, 4) is 6.07 Å². The number of hydrogen-bond donors (Lipinski definition) is 1. The zero-order valence-corrected chi connectivity index (χ0v) is 11.4. The summed E-state index contributed by atoms with van der Waals surface area (Å²) in [6.45, 7) is 1.90. The molecule has 0 saturated carbocycles. The zero-order valence-electron chi connectivity index (χ0n) is 11.4. The number of anilines is 1. The minimum atomic E-state index is -0.0584. The molecule has 1 N–H and O–H groups in total. The van der Waals surface area contributed by atoms with E-state index in [1.54, 1.807) is 32.3 Å². The van der Waals surface area contributed by atoms with Gasteiger partial charge in [-0.2, -0.15) is 5.26 Å². The Kier molecular flexibility index (Phi) is 5.07. The first-order valence-electron chi connectivity index (χ1n) is 5.95. The van der Waals surface area contributed by atoms with Crippen LogP contribution in [0.3, 0.4) is 0 Å². The van der Waals surface area contributed by atoms with Crippen molar-refractivity contribution in [1.82, 2.24) is 4.90 Å². The van der Waals surface area contributed by atoms with E-state index in [1.165, 1.54) is 11.8 Å².